The monoisotopic (exact) mass is 484 g/mol. The topological polar surface area (TPSA) is 99.3 Å². The summed E-state index contributed by atoms with van der Waals surface area (Å²) in [6.45, 7) is 5.08. The highest BCUT2D eigenvalue weighted by Gasteiger charge is 2.21. The molecule has 0 saturated heterocycles. The quantitative estimate of drug-likeness (QED) is 0.249. The van der Waals surface area contributed by atoms with E-state index in [4.69, 9.17) is 4.74 Å². The van der Waals surface area contributed by atoms with Gasteiger partial charge in [0, 0.05) is 12.1 Å². The van der Waals surface area contributed by atoms with E-state index >= 15 is 0 Å². The molecule has 0 radical (unpaired) electrons. The molecule has 0 atom stereocenters. The third-order valence-electron chi connectivity index (χ3n) is 6.00. The molecule has 1 N–H and O–H groups in total. The van der Waals surface area contributed by atoms with Gasteiger partial charge in [-0.15, -0.1) is 0 Å². The average Bonchev–Trinajstić information content (AvgIpc) is 3.16. The van der Waals surface area contributed by atoms with E-state index in [9.17, 15) is 14.9 Å². The summed E-state index contributed by atoms with van der Waals surface area (Å²) in [6.07, 6.45) is 0. The molecule has 4 rings (SSSR count). The molecule has 0 saturated carbocycles. The SMILES string of the molecule is Cc1nn(Cc2ccc(C(=O)NCc3ccccc3COCc3ccccc3)cc2)c(C)c1[N+](=O)[O-]. The minimum Gasteiger partial charge on any atom is -0.372 e. The molecule has 0 spiro atoms. The van der Waals surface area contributed by atoms with E-state index in [-0.39, 0.29) is 11.6 Å². The van der Waals surface area contributed by atoms with Crippen LogP contribution < -0.4 is 5.32 Å². The lowest BCUT2D eigenvalue weighted by atomic mass is 10.1. The number of carbonyl (C=O) groups is 1. The summed E-state index contributed by atoms with van der Waals surface area (Å²) >= 11 is 0. The van der Waals surface area contributed by atoms with Crippen molar-refractivity contribution in [3.63, 3.8) is 0 Å². The highest BCUT2D eigenvalue weighted by molar-refractivity contribution is 5.94. The molecule has 0 fully saturated rings. The molecule has 3 aromatic carbocycles. The number of amides is 1. The molecule has 0 unspecified atom stereocenters. The summed E-state index contributed by atoms with van der Waals surface area (Å²) in [4.78, 5) is 23.6. The lowest BCUT2D eigenvalue weighted by molar-refractivity contribution is -0.386. The van der Waals surface area contributed by atoms with E-state index < -0.39 is 4.92 Å². The fourth-order valence-electron chi connectivity index (χ4n) is 4.04. The van der Waals surface area contributed by atoms with E-state index in [0.717, 1.165) is 22.3 Å². The smallest absolute Gasteiger partial charge is 0.312 e. The van der Waals surface area contributed by atoms with Crippen LogP contribution in [0.2, 0.25) is 0 Å². The molecule has 0 aliphatic heterocycles. The van der Waals surface area contributed by atoms with E-state index in [2.05, 4.69) is 10.4 Å². The molecular formula is C28H28N4O4. The Hall–Kier alpha value is -4.30. The van der Waals surface area contributed by atoms with Crippen LogP contribution >= 0.6 is 0 Å². The Balaban J connectivity index is 1.33. The van der Waals surface area contributed by atoms with Crippen LogP contribution in [0, 0.1) is 24.0 Å². The van der Waals surface area contributed by atoms with Gasteiger partial charge >= 0.3 is 5.69 Å². The zero-order chi connectivity index (χ0) is 25.5. The maximum absolute atomic E-state index is 12.7. The van der Waals surface area contributed by atoms with Crippen molar-refractivity contribution in [1.29, 1.82) is 0 Å². The number of nitro groups is 1. The number of benzene rings is 3. The number of hydrogen-bond acceptors (Lipinski definition) is 5. The minimum absolute atomic E-state index is 0.0387. The van der Waals surface area contributed by atoms with Gasteiger partial charge in [0.05, 0.1) is 24.7 Å². The first-order valence-electron chi connectivity index (χ1n) is 11.7. The molecule has 1 aromatic heterocycles. The standard InChI is InChI=1S/C28H28N4O4/c1-20-27(32(34)35)21(2)31(30-20)17-22-12-14-24(15-13-22)28(33)29-16-25-10-6-7-11-26(25)19-36-18-23-8-4-3-5-9-23/h3-15H,16-19H2,1-2H3,(H,29,33). The molecular weight excluding hydrogens is 456 g/mol. The molecule has 1 amide bonds. The summed E-state index contributed by atoms with van der Waals surface area (Å²) in [5.41, 5.74) is 5.51. The molecule has 4 aromatic rings. The normalized spacial score (nSPS) is 10.8. The number of nitrogens with zero attached hydrogens (tertiary/aromatic N) is 3. The van der Waals surface area contributed by atoms with E-state index in [0.29, 0.717) is 43.3 Å². The third-order valence-corrected chi connectivity index (χ3v) is 6.00. The van der Waals surface area contributed by atoms with Crippen LogP contribution in [-0.4, -0.2) is 20.6 Å². The first kappa shape index (κ1) is 24.8. The van der Waals surface area contributed by atoms with Crippen molar-refractivity contribution in [2.75, 3.05) is 0 Å². The predicted octanol–water partition coefficient (Wildman–Crippen LogP) is 5.10. The highest BCUT2D eigenvalue weighted by atomic mass is 16.6. The summed E-state index contributed by atoms with van der Waals surface area (Å²) in [5, 5.41) is 18.5. The van der Waals surface area contributed by atoms with E-state index in [1.54, 1.807) is 30.7 Å². The summed E-state index contributed by atoms with van der Waals surface area (Å²) in [7, 11) is 0. The molecule has 8 heteroatoms. The number of carbonyl (C=O) groups excluding carboxylic acids is 1. The summed E-state index contributed by atoms with van der Waals surface area (Å²) in [6, 6.07) is 25.1. The first-order valence-corrected chi connectivity index (χ1v) is 11.7. The maximum atomic E-state index is 12.7. The minimum atomic E-state index is -0.408. The van der Waals surface area contributed by atoms with Crippen LogP contribution in [0.15, 0.2) is 78.9 Å². The number of ether oxygens (including phenoxy) is 1. The number of nitrogens with one attached hydrogen (secondary N) is 1. The second-order valence-electron chi connectivity index (χ2n) is 8.56. The van der Waals surface area contributed by atoms with Gasteiger partial charge in [-0.1, -0.05) is 66.7 Å². The lowest BCUT2D eigenvalue weighted by Crippen LogP contribution is -2.23. The van der Waals surface area contributed by atoms with Crippen molar-refractivity contribution < 1.29 is 14.5 Å². The van der Waals surface area contributed by atoms with Gasteiger partial charge in [-0.05, 0) is 48.2 Å². The van der Waals surface area contributed by atoms with Crippen molar-refractivity contribution >= 4 is 11.6 Å². The fourth-order valence-corrected chi connectivity index (χ4v) is 4.04. The van der Waals surface area contributed by atoms with Gasteiger partial charge < -0.3 is 10.1 Å². The van der Waals surface area contributed by atoms with Crippen molar-refractivity contribution in [2.45, 2.75) is 40.2 Å². The molecule has 1 heterocycles. The molecule has 8 nitrogen and oxygen atoms in total. The average molecular weight is 485 g/mol. The number of aromatic nitrogens is 2. The Labute approximate surface area is 209 Å². The number of rotatable bonds is 10. The highest BCUT2D eigenvalue weighted by Crippen LogP contribution is 2.22. The van der Waals surface area contributed by atoms with Crippen molar-refractivity contribution in [3.05, 3.63) is 128 Å². The van der Waals surface area contributed by atoms with E-state index in [1.165, 1.54) is 0 Å². The fraction of sp³-hybridized carbons (Fsp3) is 0.214. The summed E-state index contributed by atoms with van der Waals surface area (Å²) < 4.78 is 7.48. The zero-order valence-corrected chi connectivity index (χ0v) is 20.3. The Morgan fingerprint density at radius 1 is 0.917 bits per heavy atom. The lowest BCUT2D eigenvalue weighted by Gasteiger charge is -2.12. The largest absolute Gasteiger partial charge is 0.372 e. The Bertz CT molecular complexity index is 1350. The second-order valence-corrected chi connectivity index (χ2v) is 8.56. The van der Waals surface area contributed by atoms with Gasteiger partial charge in [0.2, 0.25) is 0 Å². The van der Waals surface area contributed by atoms with Crippen molar-refractivity contribution in [2.24, 2.45) is 0 Å². The summed E-state index contributed by atoms with van der Waals surface area (Å²) in [5.74, 6) is -0.177. The van der Waals surface area contributed by atoms with Gasteiger partial charge in [-0.2, -0.15) is 5.10 Å². The third kappa shape index (κ3) is 6.03. The second kappa shape index (κ2) is 11.4. The predicted molar refractivity (Wildman–Crippen MR) is 136 cm³/mol. The molecule has 184 valence electrons. The Kier molecular flexibility index (Phi) is 7.87. The van der Waals surface area contributed by atoms with Gasteiger partial charge in [0.25, 0.3) is 5.91 Å². The first-order chi connectivity index (χ1) is 17.4. The number of hydrogen-bond donors (Lipinski definition) is 1. The van der Waals surface area contributed by atoms with Gasteiger partial charge in [0.15, 0.2) is 0 Å². The van der Waals surface area contributed by atoms with Crippen LogP contribution in [0.4, 0.5) is 5.69 Å². The van der Waals surface area contributed by atoms with Crippen LogP contribution in [0.1, 0.15) is 44.0 Å². The van der Waals surface area contributed by atoms with Crippen molar-refractivity contribution in [1.82, 2.24) is 15.1 Å². The maximum Gasteiger partial charge on any atom is 0.312 e. The van der Waals surface area contributed by atoms with Gasteiger partial charge in [0.1, 0.15) is 11.4 Å². The Morgan fingerprint density at radius 3 is 2.25 bits per heavy atom. The molecule has 36 heavy (non-hydrogen) atoms. The van der Waals surface area contributed by atoms with Crippen LogP contribution in [-0.2, 0) is 31.0 Å². The van der Waals surface area contributed by atoms with Gasteiger partial charge in [-0.25, -0.2) is 0 Å². The number of aryl methyl sites for hydroxylation is 1. The zero-order valence-electron chi connectivity index (χ0n) is 20.3. The molecule has 0 aliphatic rings. The van der Waals surface area contributed by atoms with E-state index in [1.807, 2.05) is 66.7 Å². The van der Waals surface area contributed by atoms with Gasteiger partial charge in [-0.3, -0.25) is 19.6 Å². The van der Waals surface area contributed by atoms with Crippen molar-refractivity contribution in [3.8, 4) is 0 Å². The van der Waals surface area contributed by atoms with Crippen LogP contribution in [0.3, 0.4) is 0 Å². The van der Waals surface area contributed by atoms with Crippen LogP contribution in [0.5, 0.6) is 0 Å². The Morgan fingerprint density at radius 2 is 1.58 bits per heavy atom. The molecule has 0 bridgehead atoms. The molecule has 0 aliphatic carbocycles. The van der Waals surface area contributed by atoms with Crippen LogP contribution in [0.25, 0.3) is 0 Å².